The molecular weight excluding hydrogens is 530 g/mol. The molecule has 41 heavy (non-hydrogen) atoms. The minimum Gasteiger partial charge on any atom is -0.480 e. The van der Waals surface area contributed by atoms with Gasteiger partial charge in [0.25, 0.3) is 5.91 Å². The number of carbonyl (C=O) groups excluding carboxylic acids is 4. The lowest BCUT2D eigenvalue weighted by atomic mass is 9.98. The van der Waals surface area contributed by atoms with Gasteiger partial charge in [0.1, 0.15) is 23.7 Å². The van der Waals surface area contributed by atoms with Crippen LogP contribution in [0.2, 0.25) is 0 Å². The molecule has 3 amide bonds. The first kappa shape index (κ1) is 33.6. The van der Waals surface area contributed by atoms with Crippen LogP contribution in [-0.4, -0.2) is 88.2 Å². The van der Waals surface area contributed by atoms with E-state index in [0.717, 1.165) is 5.56 Å². The van der Waals surface area contributed by atoms with Gasteiger partial charge in [0.15, 0.2) is 6.10 Å². The molecule has 2 rings (SSSR count). The van der Waals surface area contributed by atoms with Crippen LogP contribution in [0.25, 0.3) is 0 Å². The summed E-state index contributed by atoms with van der Waals surface area (Å²) in [6, 6.07) is 5.93. The fourth-order valence-corrected chi connectivity index (χ4v) is 4.87. The van der Waals surface area contributed by atoms with Gasteiger partial charge in [-0.3, -0.25) is 9.59 Å². The van der Waals surface area contributed by atoms with Gasteiger partial charge in [-0.05, 0) is 51.0 Å². The van der Waals surface area contributed by atoms with Crippen LogP contribution < -0.4 is 5.32 Å². The summed E-state index contributed by atoms with van der Waals surface area (Å²) >= 11 is 0. The van der Waals surface area contributed by atoms with Crippen molar-refractivity contribution in [3.63, 3.8) is 0 Å². The maximum absolute atomic E-state index is 13.7. The number of carboxylic acid groups (broad SMARTS) is 1. The van der Waals surface area contributed by atoms with E-state index in [1.165, 1.54) is 16.8 Å². The Balaban J connectivity index is 2.31. The van der Waals surface area contributed by atoms with Gasteiger partial charge in [-0.2, -0.15) is 0 Å². The SMILES string of the molecule is CC(C)[C@H](NC(=O)OC(C)(C)C)C(=O)N(C)[C@H](C(=O)O[C@@H](Cc1ccccc1)C(=O)N1CCC[C@H]1C(=O)O)C(C)C. The number of hydrogen-bond acceptors (Lipinski definition) is 7. The molecule has 0 unspecified atom stereocenters. The normalized spacial score (nSPS) is 17.5. The number of carbonyl (C=O) groups is 5. The van der Waals surface area contributed by atoms with Gasteiger partial charge in [-0.1, -0.05) is 58.0 Å². The number of amides is 3. The molecule has 4 atom stereocenters. The van der Waals surface area contributed by atoms with Crippen LogP contribution >= 0.6 is 0 Å². The molecule has 0 saturated carbocycles. The fraction of sp³-hybridized carbons (Fsp3) is 0.633. The zero-order chi connectivity index (χ0) is 31.1. The van der Waals surface area contributed by atoms with Gasteiger partial charge < -0.3 is 29.7 Å². The average Bonchev–Trinajstić information content (AvgIpc) is 3.36. The number of aliphatic carboxylic acids is 1. The summed E-state index contributed by atoms with van der Waals surface area (Å²) in [5.74, 6) is -3.74. The fourth-order valence-electron chi connectivity index (χ4n) is 4.87. The topological polar surface area (TPSA) is 143 Å². The van der Waals surface area contributed by atoms with E-state index >= 15 is 0 Å². The van der Waals surface area contributed by atoms with E-state index in [2.05, 4.69) is 5.32 Å². The van der Waals surface area contributed by atoms with Crippen LogP contribution in [0, 0.1) is 11.8 Å². The van der Waals surface area contributed by atoms with Gasteiger partial charge in [0.05, 0.1) is 0 Å². The van der Waals surface area contributed by atoms with Crippen molar-refractivity contribution >= 4 is 29.8 Å². The molecule has 1 aliphatic rings. The molecule has 2 N–H and O–H groups in total. The van der Waals surface area contributed by atoms with E-state index in [-0.39, 0.29) is 18.9 Å². The molecule has 0 aliphatic carbocycles. The minimum absolute atomic E-state index is 0.0472. The molecule has 0 radical (unpaired) electrons. The zero-order valence-corrected chi connectivity index (χ0v) is 25.4. The number of hydrogen-bond donors (Lipinski definition) is 2. The highest BCUT2D eigenvalue weighted by molar-refractivity contribution is 5.92. The van der Waals surface area contributed by atoms with E-state index in [0.29, 0.717) is 12.8 Å². The second-order valence-electron chi connectivity index (χ2n) is 12.1. The van der Waals surface area contributed by atoms with Crippen LogP contribution in [0.4, 0.5) is 4.79 Å². The number of rotatable bonds is 11. The smallest absolute Gasteiger partial charge is 0.408 e. The molecule has 1 saturated heterocycles. The lowest BCUT2D eigenvalue weighted by Gasteiger charge is -2.35. The number of nitrogens with one attached hydrogen (secondary N) is 1. The Morgan fingerprint density at radius 3 is 2.17 bits per heavy atom. The van der Waals surface area contributed by atoms with Crippen LogP contribution in [0.15, 0.2) is 30.3 Å². The van der Waals surface area contributed by atoms with E-state index in [1.807, 2.05) is 6.07 Å². The number of benzene rings is 1. The number of alkyl carbamates (subject to hydrolysis) is 1. The Kier molecular flexibility index (Phi) is 11.7. The quantitative estimate of drug-likeness (QED) is 0.383. The number of ether oxygens (including phenoxy) is 2. The molecule has 11 heteroatoms. The lowest BCUT2D eigenvalue weighted by Crippen LogP contribution is -2.57. The Hall–Kier alpha value is -3.63. The van der Waals surface area contributed by atoms with E-state index in [4.69, 9.17) is 9.47 Å². The lowest BCUT2D eigenvalue weighted by molar-refractivity contribution is -0.169. The van der Waals surface area contributed by atoms with Crippen LogP contribution in [-0.2, 0) is 35.1 Å². The van der Waals surface area contributed by atoms with Crippen molar-refractivity contribution in [3.8, 4) is 0 Å². The van der Waals surface area contributed by atoms with Crippen molar-refractivity contribution < 1.29 is 38.6 Å². The summed E-state index contributed by atoms with van der Waals surface area (Å²) in [5.41, 5.74) is -0.0307. The number of likely N-dealkylation sites (N-methyl/N-ethyl adjacent to an activating group) is 1. The number of carboxylic acids is 1. The average molecular weight is 576 g/mol. The van der Waals surface area contributed by atoms with E-state index < -0.39 is 65.6 Å². The predicted molar refractivity (Wildman–Crippen MR) is 152 cm³/mol. The molecule has 11 nitrogen and oxygen atoms in total. The summed E-state index contributed by atoms with van der Waals surface area (Å²) in [7, 11) is 1.45. The van der Waals surface area contributed by atoms with Gasteiger partial charge >= 0.3 is 18.0 Å². The second kappa shape index (κ2) is 14.3. The van der Waals surface area contributed by atoms with Crippen LogP contribution in [0.5, 0.6) is 0 Å². The Bertz CT molecular complexity index is 1080. The number of nitrogens with zero attached hydrogens (tertiary/aromatic N) is 2. The molecule has 228 valence electrons. The molecule has 1 aromatic rings. The highest BCUT2D eigenvalue weighted by Crippen LogP contribution is 2.23. The molecule has 1 fully saturated rings. The first-order valence-electron chi connectivity index (χ1n) is 14.1. The van der Waals surface area contributed by atoms with Crippen molar-refractivity contribution in [2.24, 2.45) is 11.8 Å². The summed E-state index contributed by atoms with van der Waals surface area (Å²) in [6.07, 6.45) is -1.14. The Labute approximate surface area is 242 Å². The standard InChI is InChI=1S/C30H45N3O8/c1-18(2)23(31-29(39)41-30(5,6)7)26(35)32(8)24(19(3)4)28(38)40-22(17-20-13-10-9-11-14-20)25(34)33-16-12-15-21(33)27(36)37/h9-11,13-14,18-19,21-24H,12,15-17H2,1-8H3,(H,31,39)(H,36,37)/t21-,22-,23-,24-/m0/s1. The van der Waals surface area contributed by atoms with Crippen molar-refractivity contribution in [3.05, 3.63) is 35.9 Å². The number of likely N-dealkylation sites (tertiary alicyclic amines) is 1. The van der Waals surface area contributed by atoms with Gasteiger partial charge in [0, 0.05) is 20.0 Å². The summed E-state index contributed by atoms with van der Waals surface area (Å²) < 4.78 is 11.1. The minimum atomic E-state index is -1.28. The molecule has 0 spiro atoms. The van der Waals surface area contributed by atoms with E-state index in [9.17, 15) is 29.1 Å². The summed E-state index contributed by atoms with van der Waals surface area (Å²) in [5, 5.41) is 12.2. The predicted octanol–water partition coefficient (Wildman–Crippen LogP) is 3.25. The monoisotopic (exact) mass is 575 g/mol. The van der Waals surface area contributed by atoms with E-state index in [1.54, 1.807) is 72.7 Å². The maximum atomic E-state index is 13.7. The zero-order valence-electron chi connectivity index (χ0n) is 25.4. The first-order valence-corrected chi connectivity index (χ1v) is 14.1. The Morgan fingerprint density at radius 1 is 1.05 bits per heavy atom. The third-order valence-corrected chi connectivity index (χ3v) is 6.86. The molecule has 1 aromatic carbocycles. The molecule has 0 bridgehead atoms. The van der Waals surface area contributed by atoms with Crippen molar-refractivity contribution in [2.75, 3.05) is 13.6 Å². The van der Waals surface area contributed by atoms with Crippen LogP contribution in [0.3, 0.4) is 0 Å². The molecular formula is C30H45N3O8. The summed E-state index contributed by atoms with van der Waals surface area (Å²) in [6.45, 7) is 12.4. The van der Waals surface area contributed by atoms with Gasteiger partial charge in [-0.25, -0.2) is 14.4 Å². The van der Waals surface area contributed by atoms with Gasteiger partial charge in [-0.15, -0.1) is 0 Å². The second-order valence-corrected chi connectivity index (χ2v) is 12.1. The third kappa shape index (κ3) is 9.47. The van der Waals surface area contributed by atoms with Crippen molar-refractivity contribution in [1.29, 1.82) is 0 Å². The van der Waals surface area contributed by atoms with Crippen LogP contribution in [0.1, 0.15) is 66.9 Å². The maximum Gasteiger partial charge on any atom is 0.408 e. The molecule has 0 aromatic heterocycles. The Morgan fingerprint density at radius 2 is 1.66 bits per heavy atom. The van der Waals surface area contributed by atoms with Crippen molar-refractivity contribution in [1.82, 2.24) is 15.1 Å². The first-order chi connectivity index (χ1) is 19.0. The van der Waals surface area contributed by atoms with Crippen molar-refractivity contribution in [2.45, 2.75) is 97.6 Å². The molecule has 1 aliphatic heterocycles. The molecule has 1 heterocycles. The highest BCUT2D eigenvalue weighted by Gasteiger charge is 2.42. The number of esters is 1. The van der Waals surface area contributed by atoms with Gasteiger partial charge in [0.2, 0.25) is 5.91 Å². The third-order valence-electron chi connectivity index (χ3n) is 6.86. The summed E-state index contributed by atoms with van der Waals surface area (Å²) in [4.78, 5) is 67.5. The highest BCUT2D eigenvalue weighted by atomic mass is 16.6. The largest absolute Gasteiger partial charge is 0.480 e.